The molecule has 34 heavy (non-hydrogen) atoms. The van der Waals surface area contributed by atoms with Crippen LogP contribution in [0.5, 0.6) is 0 Å². The number of hydrogen-bond acceptors (Lipinski definition) is 8. The van der Waals surface area contributed by atoms with Crippen LogP contribution < -0.4 is 5.32 Å². The number of sulfonamides is 1. The molecule has 0 bridgehead atoms. The zero-order valence-corrected chi connectivity index (χ0v) is 19.5. The molecule has 3 atom stereocenters. The highest BCUT2D eigenvalue weighted by molar-refractivity contribution is 7.89. The van der Waals surface area contributed by atoms with Crippen LogP contribution in [-0.4, -0.2) is 60.1 Å². The highest BCUT2D eigenvalue weighted by Crippen LogP contribution is 2.31. The fraction of sp³-hybridized carbons (Fsp3) is 0.333. The molecule has 2 N–H and O–H groups in total. The van der Waals surface area contributed by atoms with E-state index in [9.17, 15) is 33.2 Å². The van der Waals surface area contributed by atoms with E-state index in [0.717, 1.165) is 31.4 Å². The van der Waals surface area contributed by atoms with Crippen molar-refractivity contribution in [3.63, 3.8) is 0 Å². The molecule has 0 spiro atoms. The number of benzene rings is 2. The molecule has 1 aliphatic rings. The maximum atomic E-state index is 13.2. The summed E-state index contributed by atoms with van der Waals surface area (Å²) in [6, 6.07) is 8.29. The molecule has 1 heterocycles. The topological polar surface area (TPSA) is 156 Å². The van der Waals surface area contributed by atoms with Crippen molar-refractivity contribution in [1.82, 2.24) is 9.62 Å². The van der Waals surface area contributed by atoms with Crippen molar-refractivity contribution in [3.05, 3.63) is 69.2 Å². The molecule has 1 fully saturated rings. The van der Waals surface area contributed by atoms with Gasteiger partial charge in [0.25, 0.3) is 5.69 Å². The number of nitro groups is 1. The molecule has 0 aromatic heterocycles. The number of nitrogens with zero attached hydrogens (tertiary/aromatic N) is 2. The Morgan fingerprint density at radius 2 is 1.82 bits per heavy atom. The minimum Gasteiger partial charge on any atom is -0.467 e. The zero-order chi connectivity index (χ0) is 25.0. The molecule has 0 radical (unpaired) electrons. The number of nitro benzene ring substituents is 1. The third-order valence-corrected chi connectivity index (χ3v) is 7.55. The molecule has 2 aromatic rings. The largest absolute Gasteiger partial charge is 0.467 e. The number of methoxy groups -OCH3 is 1. The van der Waals surface area contributed by atoms with Gasteiger partial charge in [-0.25, -0.2) is 13.2 Å². The minimum atomic E-state index is -4.38. The summed E-state index contributed by atoms with van der Waals surface area (Å²) in [5.41, 5.74) is 0.375. The number of non-ortho nitro benzene ring substituents is 1. The zero-order valence-electron chi connectivity index (χ0n) is 18.0. The van der Waals surface area contributed by atoms with Crippen molar-refractivity contribution in [2.24, 2.45) is 0 Å². The molecule has 1 unspecified atom stereocenters. The fourth-order valence-electron chi connectivity index (χ4n) is 3.66. The Morgan fingerprint density at radius 3 is 2.38 bits per heavy atom. The number of nitrogens with one attached hydrogen (secondary N) is 1. The Kier molecular flexibility index (Phi) is 7.87. The summed E-state index contributed by atoms with van der Waals surface area (Å²) < 4.78 is 31.7. The Hall–Kier alpha value is -3.06. The number of ether oxygens (including phenoxy) is 1. The van der Waals surface area contributed by atoms with Gasteiger partial charge < -0.3 is 15.2 Å². The number of aliphatic hydroxyl groups is 1. The number of rotatable bonds is 8. The molecule has 1 aliphatic heterocycles. The van der Waals surface area contributed by atoms with Gasteiger partial charge in [-0.3, -0.25) is 14.9 Å². The summed E-state index contributed by atoms with van der Waals surface area (Å²) in [5, 5.41) is 24.2. The lowest BCUT2D eigenvalue weighted by atomic mass is 10.1. The van der Waals surface area contributed by atoms with Crippen LogP contribution in [0.1, 0.15) is 18.4 Å². The second-order valence-corrected chi connectivity index (χ2v) is 9.85. The van der Waals surface area contributed by atoms with E-state index in [0.29, 0.717) is 14.9 Å². The Balaban J connectivity index is 1.83. The van der Waals surface area contributed by atoms with Gasteiger partial charge in [0.1, 0.15) is 18.3 Å². The standard InChI is InChI=1S/C21H22ClN3O8S/c1-33-21(28)17(12-13-2-4-14(22)5-3-13)23-20(27)18-10-11-19(26)24(18)34(31,32)16-8-6-15(7-9-16)25(29)30/h2-9,17-19,26H,10-12H2,1H3,(H,23,27)/t17-,18-,19?/m0/s1. The van der Waals surface area contributed by atoms with E-state index >= 15 is 0 Å². The van der Waals surface area contributed by atoms with E-state index in [2.05, 4.69) is 5.32 Å². The molecular weight excluding hydrogens is 490 g/mol. The lowest BCUT2D eigenvalue weighted by Gasteiger charge is -2.27. The number of esters is 1. The maximum absolute atomic E-state index is 13.2. The second kappa shape index (κ2) is 10.5. The molecule has 13 heteroatoms. The number of amides is 1. The number of hydrogen-bond donors (Lipinski definition) is 2. The molecule has 1 amide bonds. The third kappa shape index (κ3) is 5.53. The van der Waals surface area contributed by atoms with Gasteiger partial charge in [0, 0.05) is 23.6 Å². The predicted molar refractivity (Wildman–Crippen MR) is 120 cm³/mol. The van der Waals surface area contributed by atoms with E-state index in [1.165, 1.54) is 0 Å². The van der Waals surface area contributed by atoms with Crippen LogP contribution in [0.25, 0.3) is 0 Å². The van der Waals surface area contributed by atoms with Gasteiger partial charge >= 0.3 is 5.97 Å². The number of aliphatic hydroxyl groups excluding tert-OH is 1. The van der Waals surface area contributed by atoms with Crippen LogP contribution >= 0.6 is 11.6 Å². The average molecular weight is 512 g/mol. The Labute approximate surface area is 200 Å². The van der Waals surface area contributed by atoms with Gasteiger partial charge in [-0.2, -0.15) is 4.31 Å². The first-order valence-corrected chi connectivity index (χ1v) is 11.9. The monoisotopic (exact) mass is 511 g/mol. The van der Waals surface area contributed by atoms with Crippen LogP contribution in [0, 0.1) is 10.1 Å². The highest BCUT2D eigenvalue weighted by Gasteiger charge is 2.45. The summed E-state index contributed by atoms with van der Waals surface area (Å²) in [5.74, 6) is -1.52. The lowest BCUT2D eigenvalue weighted by molar-refractivity contribution is -0.384. The molecule has 3 rings (SSSR count). The van der Waals surface area contributed by atoms with Crippen LogP contribution in [0.15, 0.2) is 53.4 Å². The van der Waals surface area contributed by atoms with Crippen LogP contribution in [0.2, 0.25) is 5.02 Å². The lowest BCUT2D eigenvalue weighted by Crippen LogP contribution is -2.53. The first-order chi connectivity index (χ1) is 16.0. The summed E-state index contributed by atoms with van der Waals surface area (Å²) in [6.45, 7) is 0. The third-order valence-electron chi connectivity index (χ3n) is 5.38. The van der Waals surface area contributed by atoms with E-state index in [1.807, 2.05) is 0 Å². The van der Waals surface area contributed by atoms with E-state index in [-0.39, 0.29) is 29.8 Å². The molecule has 11 nitrogen and oxygen atoms in total. The molecule has 1 saturated heterocycles. The van der Waals surface area contributed by atoms with Gasteiger partial charge in [0.15, 0.2) is 0 Å². The first-order valence-electron chi connectivity index (χ1n) is 10.1. The maximum Gasteiger partial charge on any atom is 0.328 e. The first kappa shape index (κ1) is 25.6. The SMILES string of the molecule is COC(=O)[C@H](Cc1ccc(Cl)cc1)NC(=O)[C@@H]1CCC(O)N1S(=O)(=O)c1ccc([N+](=O)[O-])cc1. The Bertz CT molecular complexity index is 1170. The van der Waals surface area contributed by atoms with Crippen molar-refractivity contribution < 1.29 is 32.8 Å². The molecule has 2 aromatic carbocycles. The molecule has 0 aliphatic carbocycles. The molecule has 182 valence electrons. The fourth-order valence-corrected chi connectivity index (χ4v) is 5.48. The van der Waals surface area contributed by atoms with Crippen molar-refractivity contribution >= 4 is 39.2 Å². The van der Waals surface area contributed by atoms with Crippen molar-refractivity contribution in [3.8, 4) is 0 Å². The van der Waals surface area contributed by atoms with Crippen molar-refractivity contribution in [2.45, 2.75) is 42.5 Å². The van der Waals surface area contributed by atoms with Gasteiger partial charge in [-0.15, -0.1) is 0 Å². The number of carbonyl (C=O) groups excluding carboxylic acids is 2. The van der Waals surface area contributed by atoms with Crippen LogP contribution in [-0.2, 0) is 30.8 Å². The highest BCUT2D eigenvalue weighted by atomic mass is 35.5. The van der Waals surface area contributed by atoms with Crippen molar-refractivity contribution in [2.75, 3.05) is 7.11 Å². The normalized spacial score (nSPS) is 19.4. The van der Waals surface area contributed by atoms with Gasteiger partial charge in [0.05, 0.1) is 16.9 Å². The number of halogens is 1. The van der Waals surface area contributed by atoms with Gasteiger partial charge in [0.2, 0.25) is 15.9 Å². The Morgan fingerprint density at radius 1 is 1.21 bits per heavy atom. The minimum absolute atomic E-state index is 0.00799. The summed E-state index contributed by atoms with van der Waals surface area (Å²) in [6.07, 6.45) is -1.41. The predicted octanol–water partition coefficient (Wildman–Crippen LogP) is 1.62. The second-order valence-electron chi connectivity index (χ2n) is 7.57. The molecular formula is C21H22ClN3O8S. The van der Waals surface area contributed by atoms with E-state index in [4.69, 9.17) is 16.3 Å². The van der Waals surface area contributed by atoms with Crippen LogP contribution in [0.4, 0.5) is 5.69 Å². The summed E-state index contributed by atoms with van der Waals surface area (Å²) in [4.78, 5) is 35.2. The van der Waals surface area contributed by atoms with Gasteiger partial charge in [-0.05, 0) is 42.7 Å². The smallest absolute Gasteiger partial charge is 0.328 e. The van der Waals surface area contributed by atoms with Crippen LogP contribution in [0.3, 0.4) is 0 Å². The average Bonchev–Trinajstić information content (AvgIpc) is 3.21. The molecule has 0 saturated carbocycles. The number of carbonyl (C=O) groups is 2. The summed E-state index contributed by atoms with van der Waals surface area (Å²) in [7, 11) is -3.22. The van der Waals surface area contributed by atoms with E-state index in [1.54, 1.807) is 24.3 Å². The summed E-state index contributed by atoms with van der Waals surface area (Å²) >= 11 is 5.87. The quantitative estimate of drug-likeness (QED) is 0.307. The van der Waals surface area contributed by atoms with Gasteiger partial charge in [-0.1, -0.05) is 23.7 Å². The van der Waals surface area contributed by atoms with E-state index < -0.39 is 45.1 Å². The van der Waals surface area contributed by atoms with Crippen molar-refractivity contribution in [1.29, 1.82) is 0 Å².